The van der Waals surface area contributed by atoms with E-state index in [1.165, 1.54) is 11.3 Å². The summed E-state index contributed by atoms with van der Waals surface area (Å²) in [6.45, 7) is 0. The minimum atomic E-state index is -1.42. The summed E-state index contributed by atoms with van der Waals surface area (Å²) >= 11 is 4.82. The quantitative estimate of drug-likeness (QED) is 0.285. The van der Waals surface area contributed by atoms with Crippen LogP contribution in [0.3, 0.4) is 0 Å². The van der Waals surface area contributed by atoms with Crippen LogP contribution in [-0.4, -0.2) is 29.6 Å². The Kier molecular flexibility index (Phi) is 5.29. The Hall–Kier alpha value is -3.81. The number of carbonyl (C=O) groups excluding carboxylic acids is 3. The van der Waals surface area contributed by atoms with Gasteiger partial charge in [0.1, 0.15) is 11.5 Å². The standard InChI is InChI=1S/C31H21BrN2O3S/c32-20-14-11-19(12-15-20)27(35)29-31(21-7-2-3-8-22(21)33-30(31)37)26(28(36)25-10-5-17-38-25)24-16-13-18-6-1-4-9-23(18)34(24)29/h1-17,24,26,29H,(H,33,37)/t24-,26+,29-,31-/m0/s1. The first-order chi connectivity index (χ1) is 18.5. The van der Waals surface area contributed by atoms with Gasteiger partial charge in [0, 0.05) is 21.4 Å². The van der Waals surface area contributed by atoms with Crippen LogP contribution in [0.4, 0.5) is 11.4 Å². The van der Waals surface area contributed by atoms with E-state index in [9.17, 15) is 14.4 Å². The molecule has 1 fully saturated rings. The number of rotatable bonds is 4. The van der Waals surface area contributed by atoms with Gasteiger partial charge in [-0.05, 0) is 46.8 Å². The SMILES string of the molecule is O=C(c1ccc(Br)cc1)[C@@H]1N2c3ccccc3C=C[C@H]2[C@H](C(=O)c2cccs2)[C@]12C(=O)Nc1ccccc12. The highest BCUT2D eigenvalue weighted by Gasteiger charge is 2.71. The fourth-order valence-corrected chi connectivity index (χ4v) is 7.45. The van der Waals surface area contributed by atoms with Crippen molar-refractivity contribution in [1.82, 2.24) is 0 Å². The number of fused-ring (bicyclic) bond motifs is 5. The lowest BCUT2D eigenvalue weighted by molar-refractivity contribution is -0.121. The molecule has 0 bridgehead atoms. The third kappa shape index (κ3) is 3.12. The molecule has 4 heterocycles. The Morgan fingerprint density at radius 2 is 1.66 bits per heavy atom. The number of nitrogens with one attached hydrogen (secondary N) is 1. The number of ketones is 2. The second kappa shape index (κ2) is 8.61. The molecule has 1 saturated heterocycles. The summed E-state index contributed by atoms with van der Waals surface area (Å²) < 4.78 is 0.856. The maximum atomic E-state index is 14.6. The second-order valence-electron chi connectivity index (χ2n) is 9.78. The summed E-state index contributed by atoms with van der Waals surface area (Å²) in [6, 6.07) is 24.7. The minimum absolute atomic E-state index is 0.128. The van der Waals surface area contributed by atoms with Gasteiger partial charge in [-0.1, -0.05) is 82.7 Å². The molecule has 1 spiro atoms. The molecule has 0 radical (unpaired) electrons. The molecular formula is C31H21BrN2O3S. The number of anilines is 2. The molecule has 4 aromatic rings. The van der Waals surface area contributed by atoms with Crippen LogP contribution in [-0.2, 0) is 10.2 Å². The normalized spacial score (nSPS) is 24.6. The number of para-hydroxylation sites is 2. The molecule has 3 aromatic carbocycles. The van der Waals surface area contributed by atoms with E-state index in [1.54, 1.807) is 18.2 Å². The van der Waals surface area contributed by atoms with Crippen molar-refractivity contribution in [3.8, 4) is 0 Å². The molecule has 1 N–H and O–H groups in total. The van der Waals surface area contributed by atoms with Gasteiger partial charge in [-0.15, -0.1) is 11.3 Å². The van der Waals surface area contributed by atoms with Crippen LogP contribution in [0.5, 0.6) is 0 Å². The predicted octanol–water partition coefficient (Wildman–Crippen LogP) is 6.37. The summed E-state index contributed by atoms with van der Waals surface area (Å²) in [5.74, 6) is -1.44. The predicted molar refractivity (Wildman–Crippen MR) is 153 cm³/mol. The van der Waals surface area contributed by atoms with Gasteiger partial charge >= 0.3 is 0 Å². The van der Waals surface area contributed by atoms with Crippen molar-refractivity contribution in [2.24, 2.45) is 5.92 Å². The Labute approximate surface area is 231 Å². The Bertz CT molecular complexity index is 1650. The summed E-state index contributed by atoms with van der Waals surface area (Å²) in [5, 5.41) is 4.91. The van der Waals surface area contributed by atoms with Gasteiger partial charge < -0.3 is 10.2 Å². The summed E-state index contributed by atoms with van der Waals surface area (Å²) in [6.07, 6.45) is 3.99. The Morgan fingerprint density at radius 3 is 2.45 bits per heavy atom. The molecule has 0 unspecified atom stereocenters. The fourth-order valence-electron chi connectivity index (χ4n) is 6.48. The number of benzene rings is 3. The first-order valence-electron chi connectivity index (χ1n) is 12.4. The van der Waals surface area contributed by atoms with Crippen molar-refractivity contribution in [3.05, 3.63) is 122 Å². The molecule has 1 amide bonds. The molecule has 5 nitrogen and oxygen atoms in total. The van der Waals surface area contributed by atoms with Gasteiger partial charge in [-0.2, -0.15) is 0 Å². The van der Waals surface area contributed by atoms with Crippen molar-refractivity contribution in [1.29, 1.82) is 0 Å². The number of nitrogens with zero attached hydrogens (tertiary/aromatic N) is 1. The lowest BCUT2D eigenvalue weighted by Crippen LogP contribution is -2.55. The van der Waals surface area contributed by atoms with Crippen LogP contribution in [0.25, 0.3) is 6.08 Å². The second-order valence-corrected chi connectivity index (χ2v) is 11.6. The van der Waals surface area contributed by atoms with E-state index >= 15 is 0 Å². The van der Waals surface area contributed by atoms with Gasteiger partial charge in [0.15, 0.2) is 11.6 Å². The molecule has 3 aliphatic rings. The lowest BCUT2D eigenvalue weighted by Gasteiger charge is -2.37. The smallest absolute Gasteiger partial charge is 0.238 e. The van der Waals surface area contributed by atoms with Crippen LogP contribution in [0.1, 0.15) is 31.2 Å². The molecule has 4 atom stereocenters. The van der Waals surface area contributed by atoms with Gasteiger partial charge in [-0.3, -0.25) is 14.4 Å². The van der Waals surface area contributed by atoms with Crippen molar-refractivity contribution in [3.63, 3.8) is 0 Å². The zero-order valence-electron chi connectivity index (χ0n) is 20.0. The molecule has 3 aliphatic heterocycles. The molecule has 186 valence electrons. The number of thiophene rings is 1. The number of hydrogen-bond donors (Lipinski definition) is 1. The lowest BCUT2D eigenvalue weighted by atomic mass is 9.64. The molecule has 0 aliphatic carbocycles. The van der Waals surface area contributed by atoms with Crippen molar-refractivity contribution in [2.75, 3.05) is 10.2 Å². The highest BCUT2D eigenvalue weighted by atomic mass is 79.9. The van der Waals surface area contributed by atoms with Crippen LogP contribution in [0.2, 0.25) is 0 Å². The number of carbonyl (C=O) groups is 3. The maximum Gasteiger partial charge on any atom is 0.238 e. The average molecular weight is 581 g/mol. The van der Waals surface area contributed by atoms with E-state index < -0.39 is 23.4 Å². The summed E-state index contributed by atoms with van der Waals surface area (Å²) in [7, 11) is 0. The first kappa shape index (κ1) is 23.3. The fraction of sp³-hybridized carbons (Fsp3) is 0.129. The van der Waals surface area contributed by atoms with Gasteiger partial charge in [0.25, 0.3) is 0 Å². The van der Waals surface area contributed by atoms with Crippen molar-refractivity contribution in [2.45, 2.75) is 17.5 Å². The van der Waals surface area contributed by atoms with Crippen molar-refractivity contribution >= 4 is 62.2 Å². The zero-order valence-corrected chi connectivity index (χ0v) is 22.4. The molecule has 1 aromatic heterocycles. The number of halogens is 1. The van der Waals surface area contributed by atoms with Crippen molar-refractivity contribution < 1.29 is 14.4 Å². The van der Waals surface area contributed by atoms with Crippen LogP contribution in [0, 0.1) is 5.92 Å². The van der Waals surface area contributed by atoms with E-state index in [2.05, 4.69) is 21.2 Å². The zero-order chi connectivity index (χ0) is 26.0. The van der Waals surface area contributed by atoms with E-state index in [0.717, 1.165) is 15.7 Å². The third-order valence-corrected chi connectivity index (χ3v) is 9.38. The van der Waals surface area contributed by atoms with E-state index in [1.807, 2.05) is 89.2 Å². The highest BCUT2D eigenvalue weighted by Crippen LogP contribution is 2.58. The monoisotopic (exact) mass is 580 g/mol. The summed E-state index contributed by atoms with van der Waals surface area (Å²) in [4.78, 5) is 45.9. The molecule has 7 rings (SSSR count). The van der Waals surface area contributed by atoms with Crippen LogP contribution in [0.15, 0.2) is 101 Å². The van der Waals surface area contributed by atoms with Gasteiger partial charge in [-0.25, -0.2) is 0 Å². The van der Waals surface area contributed by atoms with E-state index in [0.29, 0.717) is 21.7 Å². The number of amides is 1. The highest BCUT2D eigenvalue weighted by molar-refractivity contribution is 9.10. The largest absolute Gasteiger partial charge is 0.352 e. The number of hydrogen-bond acceptors (Lipinski definition) is 5. The summed E-state index contributed by atoms with van der Waals surface area (Å²) in [5.41, 5.74) is 2.19. The van der Waals surface area contributed by atoms with E-state index in [-0.39, 0.29) is 17.5 Å². The van der Waals surface area contributed by atoms with Crippen LogP contribution >= 0.6 is 27.3 Å². The topological polar surface area (TPSA) is 66.5 Å². The van der Waals surface area contributed by atoms with Gasteiger partial charge in [0.05, 0.1) is 16.8 Å². The Balaban J connectivity index is 1.55. The van der Waals surface area contributed by atoms with E-state index in [4.69, 9.17) is 0 Å². The molecule has 0 saturated carbocycles. The molecule has 38 heavy (non-hydrogen) atoms. The van der Waals surface area contributed by atoms with Crippen LogP contribution < -0.4 is 10.2 Å². The third-order valence-electron chi connectivity index (χ3n) is 7.97. The minimum Gasteiger partial charge on any atom is -0.352 e. The Morgan fingerprint density at radius 1 is 0.895 bits per heavy atom. The molecular weight excluding hydrogens is 560 g/mol. The maximum absolute atomic E-state index is 14.6. The number of Topliss-reactive ketones (excluding diaryl/α,β-unsaturated/α-hetero) is 2. The first-order valence-corrected chi connectivity index (χ1v) is 14.0. The average Bonchev–Trinajstić information content (AvgIpc) is 3.65. The van der Waals surface area contributed by atoms with Gasteiger partial charge in [0.2, 0.25) is 5.91 Å². The molecule has 7 heteroatoms.